The van der Waals surface area contributed by atoms with Crippen LogP contribution >= 0.6 is 0 Å². The Morgan fingerprint density at radius 2 is 1.97 bits per heavy atom. The Labute approximate surface area is 166 Å². The summed E-state index contributed by atoms with van der Waals surface area (Å²) in [5, 5.41) is 10.8. The maximum Gasteiger partial charge on any atom is 0.270 e. The van der Waals surface area contributed by atoms with Gasteiger partial charge in [-0.05, 0) is 29.8 Å². The van der Waals surface area contributed by atoms with E-state index in [-0.39, 0.29) is 11.3 Å². The molecule has 0 atom stereocenters. The topological polar surface area (TPSA) is 120 Å². The van der Waals surface area contributed by atoms with Crippen LogP contribution in [-0.2, 0) is 4.79 Å². The molecule has 29 heavy (non-hydrogen) atoms. The third-order valence-corrected chi connectivity index (χ3v) is 3.59. The number of hydrogen-bond donors (Lipinski definition) is 2. The van der Waals surface area contributed by atoms with Crippen molar-refractivity contribution in [3.8, 4) is 11.5 Å². The van der Waals surface area contributed by atoms with Gasteiger partial charge in [0.15, 0.2) is 11.5 Å². The molecule has 0 aliphatic heterocycles. The van der Waals surface area contributed by atoms with Crippen LogP contribution in [0.15, 0.2) is 61.2 Å². The van der Waals surface area contributed by atoms with Gasteiger partial charge in [0.1, 0.15) is 6.61 Å². The molecular weight excluding hydrogens is 378 g/mol. The van der Waals surface area contributed by atoms with E-state index in [2.05, 4.69) is 17.4 Å². The average molecular weight is 397 g/mol. The number of amides is 2. The van der Waals surface area contributed by atoms with Gasteiger partial charge in [0, 0.05) is 23.8 Å². The number of nitrogens with zero attached hydrogens (tertiary/aromatic N) is 1. The molecule has 0 spiro atoms. The Morgan fingerprint density at radius 1 is 1.17 bits per heavy atom. The van der Waals surface area contributed by atoms with Crippen molar-refractivity contribution in [2.75, 3.05) is 13.7 Å². The fraction of sp³-hybridized carbons (Fsp3) is 0.100. The lowest BCUT2D eigenvalue weighted by molar-refractivity contribution is -0.384. The van der Waals surface area contributed by atoms with Crippen LogP contribution in [0.25, 0.3) is 6.08 Å². The number of carbonyl (C=O) groups is 2. The number of nitro groups is 1. The Morgan fingerprint density at radius 3 is 2.66 bits per heavy atom. The van der Waals surface area contributed by atoms with Crippen molar-refractivity contribution in [1.82, 2.24) is 10.9 Å². The van der Waals surface area contributed by atoms with Gasteiger partial charge in [-0.2, -0.15) is 0 Å². The summed E-state index contributed by atoms with van der Waals surface area (Å²) in [4.78, 5) is 34.0. The van der Waals surface area contributed by atoms with Crippen LogP contribution < -0.4 is 20.3 Å². The summed E-state index contributed by atoms with van der Waals surface area (Å²) in [6.45, 7) is 3.91. The summed E-state index contributed by atoms with van der Waals surface area (Å²) in [5.74, 6) is -0.234. The molecule has 0 unspecified atom stereocenters. The predicted octanol–water partition coefficient (Wildman–Crippen LogP) is 2.64. The zero-order chi connectivity index (χ0) is 21.2. The van der Waals surface area contributed by atoms with E-state index in [0.717, 1.165) is 6.07 Å². The molecule has 2 aromatic rings. The minimum atomic E-state index is -0.680. The van der Waals surface area contributed by atoms with E-state index in [4.69, 9.17) is 9.47 Å². The first-order chi connectivity index (χ1) is 13.9. The zero-order valence-corrected chi connectivity index (χ0v) is 15.6. The number of nitro benzene ring substituents is 1. The van der Waals surface area contributed by atoms with Gasteiger partial charge in [0.2, 0.25) is 0 Å². The molecule has 9 heteroatoms. The smallest absolute Gasteiger partial charge is 0.270 e. The van der Waals surface area contributed by atoms with E-state index < -0.39 is 16.7 Å². The fourth-order valence-corrected chi connectivity index (χ4v) is 2.22. The Balaban J connectivity index is 1.95. The monoisotopic (exact) mass is 397 g/mol. The van der Waals surface area contributed by atoms with Gasteiger partial charge >= 0.3 is 0 Å². The summed E-state index contributed by atoms with van der Waals surface area (Å²) in [6.07, 6.45) is 4.35. The summed E-state index contributed by atoms with van der Waals surface area (Å²) in [7, 11) is 1.50. The van der Waals surface area contributed by atoms with Crippen LogP contribution in [0.4, 0.5) is 5.69 Å². The normalized spacial score (nSPS) is 10.2. The molecule has 0 saturated carbocycles. The van der Waals surface area contributed by atoms with Crippen LogP contribution in [0.5, 0.6) is 11.5 Å². The largest absolute Gasteiger partial charge is 0.493 e. The van der Waals surface area contributed by atoms with Crippen molar-refractivity contribution < 1.29 is 24.0 Å². The van der Waals surface area contributed by atoms with E-state index in [0.29, 0.717) is 23.7 Å². The first-order valence-electron chi connectivity index (χ1n) is 8.39. The molecule has 2 N–H and O–H groups in total. The number of nitrogens with one attached hydrogen (secondary N) is 2. The van der Waals surface area contributed by atoms with Gasteiger partial charge in [0.25, 0.3) is 17.5 Å². The molecule has 0 aromatic heterocycles. The molecular formula is C20H19N3O6. The van der Waals surface area contributed by atoms with Gasteiger partial charge < -0.3 is 9.47 Å². The highest BCUT2D eigenvalue weighted by atomic mass is 16.6. The number of rotatable bonds is 8. The number of methoxy groups -OCH3 is 1. The highest BCUT2D eigenvalue weighted by molar-refractivity contribution is 5.98. The van der Waals surface area contributed by atoms with Crippen molar-refractivity contribution >= 4 is 23.6 Å². The van der Waals surface area contributed by atoms with Gasteiger partial charge in [-0.3, -0.25) is 30.6 Å². The van der Waals surface area contributed by atoms with Crippen molar-refractivity contribution in [1.29, 1.82) is 0 Å². The highest BCUT2D eigenvalue weighted by Gasteiger charge is 2.11. The summed E-state index contributed by atoms with van der Waals surface area (Å²) >= 11 is 0. The minimum absolute atomic E-state index is 0.0447. The maximum absolute atomic E-state index is 12.0. The van der Waals surface area contributed by atoms with Crippen molar-refractivity contribution in [3.05, 3.63) is 82.4 Å². The third kappa shape index (κ3) is 6.21. The van der Waals surface area contributed by atoms with Crippen molar-refractivity contribution in [2.24, 2.45) is 0 Å². The molecule has 0 heterocycles. The predicted molar refractivity (Wildman–Crippen MR) is 106 cm³/mol. The number of benzene rings is 2. The van der Waals surface area contributed by atoms with E-state index >= 15 is 0 Å². The standard InChI is InChI=1S/C20H19N3O6/c1-3-11-29-17-9-7-14(12-18(17)28-2)8-10-19(24)21-22-20(25)15-5-4-6-16(13-15)23(26)27/h3-10,12-13H,1,11H2,2H3,(H,21,24)(H,22,25)/b10-8+. The molecule has 0 radical (unpaired) electrons. The Bertz CT molecular complexity index is 955. The molecule has 0 fully saturated rings. The van der Waals surface area contributed by atoms with Crippen LogP contribution in [0.3, 0.4) is 0 Å². The van der Waals surface area contributed by atoms with Gasteiger partial charge in [-0.25, -0.2) is 0 Å². The number of carbonyl (C=O) groups excluding carboxylic acids is 2. The minimum Gasteiger partial charge on any atom is -0.493 e. The molecule has 0 aliphatic carbocycles. The van der Waals surface area contributed by atoms with Crippen LogP contribution in [0, 0.1) is 10.1 Å². The molecule has 0 bridgehead atoms. The summed E-state index contributed by atoms with van der Waals surface area (Å²) in [6, 6.07) is 10.3. The second-order valence-corrected chi connectivity index (χ2v) is 5.59. The van der Waals surface area contributed by atoms with Gasteiger partial charge in [-0.1, -0.05) is 24.8 Å². The van der Waals surface area contributed by atoms with Crippen molar-refractivity contribution in [3.63, 3.8) is 0 Å². The van der Waals surface area contributed by atoms with Crippen LogP contribution in [0.2, 0.25) is 0 Å². The number of ether oxygens (including phenoxy) is 2. The average Bonchev–Trinajstić information content (AvgIpc) is 2.74. The van der Waals surface area contributed by atoms with Crippen molar-refractivity contribution in [2.45, 2.75) is 0 Å². The fourth-order valence-electron chi connectivity index (χ4n) is 2.22. The van der Waals surface area contributed by atoms with E-state index in [9.17, 15) is 19.7 Å². The number of non-ortho nitro benzene ring substituents is 1. The lowest BCUT2D eigenvalue weighted by Gasteiger charge is -2.09. The molecule has 2 rings (SSSR count). The Kier molecular flexibility index (Phi) is 7.49. The second kappa shape index (κ2) is 10.3. The molecule has 9 nitrogen and oxygen atoms in total. The number of hydrazine groups is 1. The lowest BCUT2D eigenvalue weighted by atomic mass is 10.2. The van der Waals surface area contributed by atoms with Crippen LogP contribution in [0.1, 0.15) is 15.9 Å². The molecule has 150 valence electrons. The zero-order valence-electron chi connectivity index (χ0n) is 15.6. The summed E-state index contributed by atoms with van der Waals surface area (Å²) < 4.78 is 10.7. The quantitative estimate of drug-likeness (QED) is 0.306. The van der Waals surface area contributed by atoms with Gasteiger partial charge in [0.05, 0.1) is 12.0 Å². The highest BCUT2D eigenvalue weighted by Crippen LogP contribution is 2.28. The number of hydrogen-bond acceptors (Lipinski definition) is 6. The van der Waals surface area contributed by atoms with E-state index in [1.54, 1.807) is 24.3 Å². The van der Waals surface area contributed by atoms with Gasteiger partial charge in [-0.15, -0.1) is 0 Å². The molecule has 2 amide bonds. The maximum atomic E-state index is 12.0. The van der Waals surface area contributed by atoms with E-state index in [1.807, 2.05) is 0 Å². The third-order valence-electron chi connectivity index (χ3n) is 3.59. The Hall–Kier alpha value is -4.14. The lowest BCUT2D eigenvalue weighted by Crippen LogP contribution is -2.40. The molecule has 0 saturated heterocycles. The first kappa shape index (κ1) is 21.2. The molecule has 2 aromatic carbocycles. The SMILES string of the molecule is C=CCOc1ccc(/C=C/C(=O)NNC(=O)c2cccc([N+](=O)[O-])c2)cc1OC. The first-order valence-corrected chi connectivity index (χ1v) is 8.39. The van der Waals surface area contributed by atoms with E-state index in [1.165, 1.54) is 37.5 Å². The second-order valence-electron chi connectivity index (χ2n) is 5.59. The van der Waals surface area contributed by atoms with Crippen LogP contribution in [-0.4, -0.2) is 30.5 Å². The summed E-state index contributed by atoms with van der Waals surface area (Å²) in [5.41, 5.74) is 4.89. The molecule has 0 aliphatic rings.